The fourth-order valence-corrected chi connectivity index (χ4v) is 3.26. The number of halogens is 3. The number of Topliss-reactive ketones (excluding diaryl/α,β-unsaturated/α-hetero) is 3. The molecular weight excluding hydrogens is 465 g/mol. The first-order valence-electron chi connectivity index (χ1n) is 11.6. The summed E-state index contributed by atoms with van der Waals surface area (Å²) >= 11 is 0. The van der Waals surface area contributed by atoms with E-state index in [9.17, 15) is 37.1 Å². The molecule has 35 heavy (non-hydrogen) atoms. The number of ketones is 3. The smallest absolute Gasteiger partial charge is 0.346 e. The summed E-state index contributed by atoms with van der Waals surface area (Å²) in [6, 6.07) is -2.87. The number of rotatable bonds is 10. The van der Waals surface area contributed by atoms with Crippen LogP contribution in [0.1, 0.15) is 88.5 Å². The van der Waals surface area contributed by atoms with E-state index in [1.165, 1.54) is 0 Å². The van der Waals surface area contributed by atoms with Crippen LogP contribution in [0.4, 0.5) is 13.2 Å². The molecule has 0 aliphatic rings. The summed E-state index contributed by atoms with van der Waals surface area (Å²) in [5.41, 5.74) is -1.93. The van der Waals surface area contributed by atoms with Gasteiger partial charge in [0.25, 0.3) is 5.78 Å². The topological polar surface area (TPSA) is 109 Å². The standard InChI is InChI=1S/C25H41F3N2O5/c1-14(20(34)25(26,27)28)29-21(35)15(12-17(32)23(5,6)7)11-16(31)19(24(8,9)10)30-18(33)13-22(2,3)4/h14-15,19H,11-13H2,1-10H3,(H,29,35)(H,30,33)/t14?,15-,19+/m0/s1. The van der Waals surface area contributed by atoms with Gasteiger partial charge in [0.15, 0.2) is 5.78 Å². The Kier molecular flexibility index (Phi) is 10.9. The van der Waals surface area contributed by atoms with Crippen molar-refractivity contribution in [1.29, 1.82) is 0 Å². The van der Waals surface area contributed by atoms with Crippen molar-refractivity contribution >= 4 is 29.2 Å². The van der Waals surface area contributed by atoms with Crippen LogP contribution in [0.5, 0.6) is 0 Å². The van der Waals surface area contributed by atoms with Crippen LogP contribution < -0.4 is 10.6 Å². The second-order valence-electron chi connectivity index (χ2n) is 12.4. The second kappa shape index (κ2) is 11.6. The van der Waals surface area contributed by atoms with E-state index in [2.05, 4.69) is 5.32 Å². The average Bonchev–Trinajstić information content (AvgIpc) is 2.60. The number of carbonyl (C=O) groups is 5. The van der Waals surface area contributed by atoms with Crippen LogP contribution in [0.15, 0.2) is 0 Å². The van der Waals surface area contributed by atoms with E-state index < -0.39 is 65.3 Å². The van der Waals surface area contributed by atoms with Crippen LogP contribution in [-0.4, -0.2) is 47.4 Å². The molecule has 7 nitrogen and oxygen atoms in total. The lowest BCUT2D eigenvalue weighted by atomic mass is 9.78. The molecule has 0 aromatic carbocycles. The Balaban J connectivity index is 5.90. The summed E-state index contributed by atoms with van der Waals surface area (Å²) in [7, 11) is 0. The Bertz CT molecular complexity index is 815. The number of alkyl halides is 3. The first-order chi connectivity index (χ1) is 15.4. The largest absolute Gasteiger partial charge is 0.452 e. The van der Waals surface area contributed by atoms with E-state index >= 15 is 0 Å². The molecule has 3 atom stereocenters. The quantitative estimate of drug-likeness (QED) is 0.462. The molecule has 202 valence electrons. The third kappa shape index (κ3) is 11.8. The molecule has 2 N–H and O–H groups in total. The fraction of sp³-hybridized carbons (Fsp3) is 0.800. The van der Waals surface area contributed by atoms with Crippen LogP contribution in [0.2, 0.25) is 0 Å². The van der Waals surface area contributed by atoms with Crippen molar-refractivity contribution in [1.82, 2.24) is 10.6 Å². The lowest BCUT2D eigenvalue weighted by Crippen LogP contribution is -2.51. The van der Waals surface area contributed by atoms with Crippen LogP contribution in [-0.2, 0) is 24.0 Å². The molecule has 1 unspecified atom stereocenters. The van der Waals surface area contributed by atoms with Crippen molar-refractivity contribution in [3.63, 3.8) is 0 Å². The Morgan fingerprint density at radius 3 is 1.63 bits per heavy atom. The summed E-state index contributed by atoms with van der Waals surface area (Å²) in [5.74, 6) is -5.71. The number of hydrogen-bond acceptors (Lipinski definition) is 5. The lowest BCUT2D eigenvalue weighted by molar-refractivity contribution is -0.173. The number of nitrogens with one attached hydrogen (secondary N) is 2. The Morgan fingerprint density at radius 2 is 1.26 bits per heavy atom. The zero-order chi connectivity index (χ0) is 28.2. The highest BCUT2D eigenvalue weighted by Gasteiger charge is 2.43. The van der Waals surface area contributed by atoms with E-state index in [1.54, 1.807) is 41.5 Å². The summed E-state index contributed by atoms with van der Waals surface area (Å²) in [5, 5.41) is 4.71. The highest BCUT2D eigenvalue weighted by Crippen LogP contribution is 2.27. The van der Waals surface area contributed by atoms with Crippen LogP contribution >= 0.6 is 0 Å². The average molecular weight is 507 g/mol. The van der Waals surface area contributed by atoms with Crippen molar-refractivity contribution in [3.8, 4) is 0 Å². The van der Waals surface area contributed by atoms with Crippen molar-refractivity contribution in [2.75, 3.05) is 0 Å². The van der Waals surface area contributed by atoms with Crippen LogP contribution in [0.25, 0.3) is 0 Å². The predicted octanol–water partition coefficient (Wildman–Crippen LogP) is 4.17. The third-order valence-electron chi connectivity index (χ3n) is 5.30. The molecule has 0 fully saturated rings. The molecule has 0 aromatic heterocycles. The van der Waals surface area contributed by atoms with Gasteiger partial charge in [-0.1, -0.05) is 62.3 Å². The molecule has 0 radical (unpaired) electrons. The van der Waals surface area contributed by atoms with Crippen LogP contribution in [0, 0.1) is 22.2 Å². The highest BCUT2D eigenvalue weighted by molar-refractivity contribution is 5.98. The molecule has 0 saturated heterocycles. The number of carbonyl (C=O) groups excluding carboxylic acids is 5. The lowest BCUT2D eigenvalue weighted by Gasteiger charge is -2.32. The first kappa shape index (κ1) is 32.7. The summed E-state index contributed by atoms with van der Waals surface area (Å²) < 4.78 is 38.3. The Hall–Kier alpha value is -2.26. The molecule has 0 aliphatic carbocycles. The van der Waals surface area contributed by atoms with Gasteiger partial charge < -0.3 is 10.6 Å². The normalized spacial score (nSPS) is 15.6. The number of amides is 2. The minimum atomic E-state index is -5.14. The Morgan fingerprint density at radius 1 is 0.771 bits per heavy atom. The van der Waals surface area contributed by atoms with Gasteiger partial charge in [-0.25, -0.2) is 0 Å². The van der Waals surface area contributed by atoms with Gasteiger partial charge >= 0.3 is 6.18 Å². The number of hydrogen-bond donors (Lipinski definition) is 2. The summed E-state index contributed by atoms with van der Waals surface area (Å²) in [6.45, 7) is 16.5. The van der Waals surface area contributed by atoms with Gasteiger partial charge in [-0.15, -0.1) is 0 Å². The zero-order valence-corrected chi connectivity index (χ0v) is 22.5. The molecular formula is C25H41F3N2O5. The molecule has 0 rings (SSSR count). The SMILES string of the molecule is CC(NC(=O)[C@@H](CC(=O)[C@@H](NC(=O)CC(C)(C)C)C(C)(C)C)CC(=O)C(C)(C)C)C(=O)C(F)(F)F. The van der Waals surface area contributed by atoms with Gasteiger partial charge in [0.1, 0.15) is 5.78 Å². The maximum Gasteiger partial charge on any atom is 0.452 e. The molecule has 0 saturated carbocycles. The van der Waals surface area contributed by atoms with Gasteiger partial charge in [0.05, 0.1) is 18.0 Å². The predicted molar refractivity (Wildman–Crippen MR) is 126 cm³/mol. The molecule has 0 aliphatic heterocycles. The van der Waals surface area contributed by atoms with Crippen molar-refractivity contribution in [3.05, 3.63) is 0 Å². The molecule has 0 heterocycles. The van der Waals surface area contributed by atoms with Gasteiger partial charge in [-0.05, 0) is 17.8 Å². The molecule has 0 spiro atoms. The second-order valence-corrected chi connectivity index (χ2v) is 12.4. The maximum absolute atomic E-state index is 13.3. The zero-order valence-electron chi connectivity index (χ0n) is 22.5. The first-order valence-corrected chi connectivity index (χ1v) is 11.6. The van der Waals surface area contributed by atoms with E-state index in [4.69, 9.17) is 0 Å². The van der Waals surface area contributed by atoms with E-state index in [0.717, 1.165) is 6.92 Å². The summed E-state index contributed by atoms with van der Waals surface area (Å²) in [6.07, 6.45) is -5.89. The van der Waals surface area contributed by atoms with E-state index in [-0.39, 0.29) is 23.5 Å². The minimum Gasteiger partial charge on any atom is -0.346 e. The maximum atomic E-state index is 13.3. The monoisotopic (exact) mass is 506 g/mol. The van der Waals surface area contributed by atoms with E-state index in [1.807, 2.05) is 26.1 Å². The third-order valence-corrected chi connectivity index (χ3v) is 5.30. The van der Waals surface area contributed by atoms with Crippen molar-refractivity contribution < 1.29 is 37.1 Å². The molecule has 10 heteroatoms. The highest BCUT2D eigenvalue weighted by atomic mass is 19.4. The molecule has 0 bridgehead atoms. The van der Waals surface area contributed by atoms with Gasteiger partial charge in [-0.2, -0.15) is 13.2 Å². The van der Waals surface area contributed by atoms with Crippen LogP contribution in [0.3, 0.4) is 0 Å². The van der Waals surface area contributed by atoms with Gasteiger partial charge in [0, 0.05) is 24.7 Å². The fourth-order valence-electron chi connectivity index (χ4n) is 3.26. The van der Waals surface area contributed by atoms with Crippen molar-refractivity contribution in [2.45, 2.75) is 107 Å². The van der Waals surface area contributed by atoms with Gasteiger partial charge in [-0.3, -0.25) is 24.0 Å². The Labute approximate surface area is 206 Å². The van der Waals surface area contributed by atoms with E-state index in [0.29, 0.717) is 0 Å². The minimum absolute atomic E-state index is 0.149. The molecule has 0 aromatic rings. The van der Waals surface area contributed by atoms with Crippen molar-refractivity contribution in [2.24, 2.45) is 22.2 Å². The molecule has 2 amide bonds. The van der Waals surface area contributed by atoms with Gasteiger partial charge in [0.2, 0.25) is 11.8 Å². The summed E-state index contributed by atoms with van der Waals surface area (Å²) in [4.78, 5) is 62.7.